The quantitative estimate of drug-likeness (QED) is 0.571. The molecule has 1 rings (SSSR count). The third-order valence-corrected chi connectivity index (χ3v) is 3.99. The first-order valence-electron chi connectivity index (χ1n) is 7.60. The summed E-state index contributed by atoms with van der Waals surface area (Å²) >= 11 is 1.43. The molecule has 0 spiro atoms. The molecule has 0 aromatic carbocycles. The molecular formula is C17H25NO2S. The van der Waals surface area contributed by atoms with Gasteiger partial charge in [0.2, 0.25) is 0 Å². The van der Waals surface area contributed by atoms with Gasteiger partial charge in [0, 0.05) is 11.9 Å². The predicted octanol–water partition coefficient (Wildman–Crippen LogP) is 3.43. The van der Waals surface area contributed by atoms with Gasteiger partial charge in [-0.15, -0.1) is 11.3 Å². The van der Waals surface area contributed by atoms with E-state index in [1.165, 1.54) is 37.0 Å². The van der Waals surface area contributed by atoms with E-state index in [2.05, 4.69) is 31.0 Å². The summed E-state index contributed by atoms with van der Waals surface area (Å²) in [4.78, 5) is 12.7. The number of carbonyl (C=O) groups excluding carboxylic acids is 1. The molecule has 0 saturated carbocycles. The van der Waals surface area contributed by atoms with E-state index in [-0.39, 0.29) is 12.5 Å². The maximum absolute atomic E-state index is 11.9. The number of carbonyl (C=O) groups is 1. The molecule has 1 heterocycles. The third-order valence-electron chi connectivity index (χ3n) is 3.15. The number of amides is 1. The smallest absolute Gasteiger partial charge is 0.252 e. The van der Waals surface area contributed by atoms with Crippen molar-refractivity contribution in [1.29, 1.82) is 0 Å². The number of hydrogen-bond acceptors (Lipinski definition) is 3. The second-order valence-corrected chi connectivity index (χ2v) is 6.42. The lowest BCUT2D eigenvalue weighted by atomic mass is 10.0. The number of unbranched alkanes of at least 4 members (excludes halogenated alkanes) is 3. The summed E-state index contributed by atoms with van der Waals surface area (Å²) in [5.74, 6) is 6.14. The van der Waals surface area contributed by atoms with E-state index in [0.717, 1.165) is 23.8 Å². The Kier molecular flexibility index (Phi) is 8.80. The predicted molar refractivity (Wildman–Crippen MR) is 88.5 cm³/mol. The van der Waals surface area contributed by atoms with E-state index in [0.29, 0.717) is 5.56 Å². The molecule has 2 N–H and O–H groups in total. The van der Waals surface area contributed by atoms with Crippen LogP contribution in [0, 0.1) is 17.8 Å². The fourth-order valence-electron chi connectivity index (χ4n) is 1.98. The van der Waals surface area contributed by atoms with Crippen LogP contribution >= 0.6 is 11.3 Å². The van der Waals surface area contributed by atoms with E-state index >= 15 is 0 Å². The Balaban J connectivity index is 2.17. The van der Waals surface area contributed by atoms with Gasteiger partial charge in [-0.2, -0.15) is 0 Å². The van der Waals surface area contributed by atoms with Crippen molar-refractivity contribution >= 4 is 17.2 Å². The lowest BCUT2D eigenvalue weighted by Gasteiger charge is -2.05. The van der Waals surface area contributed by atoms with Crippen LogP contribution in [0.3, 0.4) is 0 Å². The second kappa shape index (κ2) is 10.4. The number of hydrogen-bond donors (Lipinski definition) is 2. The third kappa shape index (κ3) is 7.89. The van der Waals surface area contributed by atoms with Gasteiger partial charge in [0.1, 0.15) is 6.61 Å². The Morgan fingerprint density at radius 2 is 2.10 bits per heavy atom. The molecule has 3 nitrogen and oxygen atoms in total. The molecule has 0 saturated heterocycles. The van der Waals surface area contributed by atoms with Crippen LogP contribution in [0.25, 0.3) is 0 Å². The van der Waals surface area contributed by atoms with Gasteiger partial charge >= 0.3 is 0 Å². The SMILES string of the molecule is CC(C)CCCCCCNC(=O)c1csc(C#CCO)c1. The summed E-state index contributed by atoms with van der Waals surface area (Å²) in [5, 5.41) is 13.4. The Hall–Kier alpha value is -1.31. The Bertz CT molecular complexity index is 482. The van der Waals surface area contributed by atoms with Crippen LogP contribution in [-0.4, -0.2) is 24.2 Å². The topological polar surface area (TPSA) is 49.3 Å². The zero-order valence-corrected chi connectivity index (χ0v) is 13.8. The molecule has 0 unspecified atom stereocenters. The van der Waals surface area contributed by atoms with E-state index < -0.39 is 0 Å². The van der Waals surface area contributed by atoms with Crippen molar-refractivity contribution in [3.63, 3.8) is 0 Å². The van der Waals surface area contributed by atoms with Crippen LogP contribution in [-0.2, 0) is 0 Å². The highest BCUT2D eigenvalue weighted by Gasteiger charge is 2.07. The van der Waals surface area contributed by atoms with Crippen molar-refractivity contribution < 1.29 is 9.90 Å². The Labute approximate surface area is 131 Å². The first-order valence-corrected chi connectivity index (χ1v) is 8.48. The van der Waals surface area contributed by atoms with E-state index in [4.69, 9.17) is 5.11 Å². The van der Waals surface area contributed by atoms with E-state index in [9.17, 15) is 4.79 Å². The fraction of sp³-hybridized carbons (Fsp3) is 0.588. The van der Waals surface area contributed by atoms with Gasteiger partial charge in [0.15, 0.2) is 0 Å². The van der Waals surface area contributed by atoms with Crippen molar-refractivity contribution in [3.05, 3.63) is 21.9 Å². The van der Waals surface area contributed by atoms with Gasteiger partial charge < -0.3 is 10.4 Å². The van der Waals surface area contributed by atoms with Crippen LogP contribution in [0.15, 0.2) is 11.4 Å². The fourth-order valence-corrected chi connectivity index (χ4v) is 2.74. The van der Waals surface area contributed by atoms with E-state index in [1.807, 2.05) is 0 Å². The molecule has 0 bridgehead atoms. The summed E-state index contributed by atoms with van der Waals surface area (Å²) in [5.41, 5.74) is 0.655. The highest BCUT2D eigenvalue weighted by molar-refractivity contribution is 7.10. The minimum atomic E-state index is -0.157. The molecule has 0 atom stereocenters. The molecule has 0 radical (unpaired) electrons. The molecule has 1 aromatic rings. The van der Waals surface area contributed by atoms with Gasteiger partial charge in [0.25, 0.3) is 5.91 Å². The Morgan fingerprint density at radius 1 is 1.33 bits per heavy atom. The van der Waals surface area contributed by atoms with E-state index in [1.54, 1.807) is 11.4 Å². The molecule has 0 fully saturated rings. The van der Waals surface area contributed by atoms with Crippen molar-refractivity contribution in [2.45, 2.75) is 46.0 Å². The standard InChI is InChI=1S/C17H25NO2S/c1-14(2)8-5-3-4-6-10-18-17(20)15-12-16(21-13-15)9-7-11-19/h12-14,19H,3-6,8,10-11H2,1-2H3,(H,18,20). The average Bonchev–Trinajstić information content (AvgIpc) is 2.92. The summed E-state index contributed by atoms with van der Waals surface area (Å²) in [6.45, 7) is 5.07. The number of aliphatic hydroxyl groups is 1. The number of thiophene rings is 1. The summed E-state index contributed by atoms with van der Waals surface area (Å²) in [7, 11) is 0. The zero-order chi connectivity index (χ0) is 15.5. The van der Waals surface area contributed by atoms with Crippen LogP contribution in [0.1, 0.15) is 61.2 Å². The highest BCUT2D eigenvalue weighted by Crippen LogP contribution is 2.13. The summed E-state index contributed by atoms with van der Waals surface area (Å²) < 4.78 is 0. The van der Waals surface area contributed by atoms with Crippen molar-refractivity contribution in [1.82, 2.24) is 5.32 Å². The summed E-state index contributed by atoms with van der Waals surface area (Å²) in [6.07, 6.45) is 6.02. The lowest BCUT2D eigenvalue weighted by molar-refractivity contribution is 0.0953. The maximum Gasteiger partial charge on any atom is 0.252 e. The van der Waals surface area contributed by atoms with Crippen LogP contribution in [0.4, 0.5) is 0 Å². The minimum Gasteiger partial charge on any atom is -0.384 e. The van der Waals surface area contributed by atoms with Crippen LogP contribution in [0.2, 0.25) is 0 Å². The molecule has 0 aliphatic heterocycles. The van der Waals surface area contributed by atoms with Gasteiger partial charge in [-0.1, -0.05) is 51.4 Å². The van der Waals surface area contributed by atoms with Crippen molar-refractivity contribution in [2.75, 3.05) is 13.2 Å². The van der Waals surface area contributed by atoms with Gasteiger partial charge in [0.05, 0.1) is 10.4 Å². The van der Waals surface area contributed by atoms with Crippen molar-refractivity contribution in [2.24, 2.45) is 5.92 Å². The van der Waals surface area contributed by atoms with Crippen LogP contribution < -0.4 is 5.32 Å². The Morgan fingerprint density at radius 3 is 2.81 bits per heavy atom. The average molecular weight is 307 g/mol. The highest BCUT2D eigenvalue weighted by atomic mass is 32.1. The minimum absolute atomic E-state index is 0.0366. The molecular weight excluding hydrogens is 282 g/mol. The van der Waals surface area contributed by atoms with Gasteiger partial charge in [-0.3, -0.25) is 4.79 Å². The van der Waals surface area contributed by atoms with Gasteiger partial charge in [-0.25, -0.2) is 0 Å². The first-order chi connectivity index (χ1) is 10.1. The first kappa shape index (κ1) is 17.7. The zero-order valence-electron chi connectivity index (χ0n) is 12.9. The molecule has 116 valence electrons. The van der Waals surface area contributed by atoms with Crippen LogP contribution in [0.5, 0.6) is 0 Å². The maximum atomic E-state index is 11.9. The summed E-state index contributed by atoms with van der Waals surface area (Å²) in [6, 6.07) is 1.77. The lowest BCUT2D eigenvalue weighted by Crippen LogP contribution is -2.23. The normalized spacial score (nSPS) is 10.3. The molecule has 0 aliphatic rings. The van der Waals surface area contributed by atoms with Crippen molar-refractivity contribution in [3.8, 4) is 11.8 Å². The molecule has 4 heteroatoms. The molecule has 21 heavy (non-hydrogen) atoms. The monoisotopic (exact) mass is 307 g/mol. The molecule has 0 aliphatic carbocycles. The number of rotatable bonds is 8. The number of nitrogens with one attached hydrogen (secondary N) is 1. The second-order valence-electron chi connectivity index (χ2n) is 5.51. The number of aliphatic hydroxyl groups excluding tert-OH is 1. The molecule has 1 amide bonds. The largest absolute Gasteiger partial charge is 0.384 e. The molecule has 1 aromatic heterocycles. The van der Waals surface area contributed by atoms with Gasteiger partial charge in [-0.05, 0) is 18.4 Å².